The summed E-state index contributed by atoms with van der Waals surface area (Å²) < 4.78 is 9.87. The highest BCUT2D eigenvalue weighted by Gasteiger charge is 2.73. The van der Waals surface area contributed by atoms with Gasteiger partial charge >= 0.3 is 11.9 Å². The molecule has 3 fully saturated rings. The van der Waals surface area contributed by atoms with Crippen LogP contribution in [0.1, 0.15) is 19.3 Å². The molecule has 0 saturated carbocycles. The van der Waals surface area contributed by atoms with E-state index in [2.05, 4.69) is 0 Å². The number of fused-ring (bicyclic) bond motifs is 3. The molecule has 3 aliphatic heterocycles. The molecule has 4 rings (SSSR count). The van der Waals surface area contributed by atoms with Gasteiger partial charge < -0.3 is 9.47 Å². The van der Waals surface area contributed by atoms with Crippen LogP contribution in [0.15, 0.2) is 30.3 Å². The van der Waals surface area contributed by atoms with Crippen LogP contribution >= 0.6 is 0 Å². The van der Waals surface area contributed by atoms with Crippen LogP contribution in [0.4, 0.5) is 5.69 Å². The fourth-order valence-corrected chi connectivity index (χ4v) is 5.25. The van der Waals surface area contributed by atoms with E-state index in [1.54, 1.807) is 30.3 Å². The second-order valence-corrected chi connectivity index (χ2v) is 7.42. The quantitative estimate of drug-likeness (QED) is 0.557. The van der Waals surface area contributed by atoms with Crippen molar-refractivity contribution in [3.8, 4) is 0 Å². The first kappa shape index (κ1) is 18.6. The minimum atomic E-state index is -1.52. The lowest BCUT2D eigenvalue weighted by molar-refractivity contribution is -0.164. The molecule has 4 atom stereocenters. The van der Waals surface area contributed by atoms with E-state index in [-0.39, 0.29) is 18.4 Å². The molecule has 3 aliphatic rings. The highest BCUT2D eigenvalue weighted by molar-refractivity contribution is 6.24. The molecule has 0 radical (unpaired) electrons. The van der Waals surface area contributed by atoms with E-state index < -0.39 is 35.2 Å². The van der Waals surface area contributed by atoms with Crippen LogP contribution in [-0.4, -0.2) is 61.0 Å². The number of benzene rings is 1. The zero-order valence-corrected chi connectivity index (χ0v) is 15.8. The van der Waals surface area contributed by atoms with Crippen molar-refractivity contribution in [1.82, 2.24) is 4.90 Å². The van der Waals surface area contributed by atoms with Crippen molar-refractivity contribution in [3.05, 3.63) is 30.3 Å². The number of hydrogen-bond donors (Lipinski definition) is 0. The van der Waals surface area contributed by atoms with Crippen molar-refractivity contribution in [2.45, 2.75) is 30.8 Å². The predicted molar refractivity (Wildman–Crippen MR) is 97.0 cm³/mol. The standard InChI is InChI=1S/C20H22N2O6/c1-27-14(23)11-20(19(26)28-2)16-15(13-9-6-10-21(13)20)17(24)22(18(16)25)12-7-4-3-5-8-12/h3-5,7-8,13,15-16H,6,9-11H2,1-2H3/t13-,15+,16-,20+/m1/s1. The molecule has 0 N–H and O–H groups in total. The Bertz CT molecular complexity index is 840. The number of rotatable bonds is 4. The van der Waals surface area contributed by atoms with Crippen LogP contribution in [0.3, 0.4) is 0 Å². The Morgan fingerprint density at radius 2 is 1.82 bits per heavy atom. The van der Waals surface area contributed by atoms with Gasteiger partial charge in [0.1, 0.15) is 5.54 Å². The smallest absolute Gasteiger partial charge is 0.327 e. The molecule has 1 aromatic carbocycles. The average molecular weight is 386 g/mol. The van der Waals surface area contributed by atoms with E-state index in [0.717, 1.165) is 11.3 Å². The van der Waals surface area contributed by atoms with Crippen LogP contribution in [0.5, 0.6) is 0 Å². The number of hydrogen-bond acceptors (Lipinski definition) is 7. The molecule has 1 aromatic rings. The van der Waals surface area contributed by atoms with Gasteiger partial charge in [-0.05, 0) is 31.5 Å². The van der Waals surface area contributed by atoms with Gasteiger partial charge in [-0.25, -0.2) is 4.90 Å². The number of esters is 2. The number of carbonyl (C=O) groups excluding carboxylic acids is 4. The van der Waals surface area contributed by atoms with E-state index in [0.29, 0.717) is 18.7 Å². The lowest BCUT2D eigenvalue weighted by Gasteiger charge is -2.38. The molecular weight excluding hydrogens is 364 g/mol. The van der Waals surface area contributed by atoms with E-state index >= 15 is 0 Å². The summed E-state index contributed by atoms with van der Waals surface area (Å²) >= 11 is 0. The van der Waals surface area contributed by atoms with Crippen molar-refractivity contribution in [1.29, 1.82) is 0 Å². The van der Waals surface area contributed by atoms with Crippen molar-refractivity contribution >= 4 is 29.4 Å². The van der Waals surface area contributed by atoms with Gasteiger partial charge in [-0.15, -0.1) is 0 Å². The molecule has 0 spiro atoms. The van der Waals surface area contributed by atoms with Crippen LogP contribution in [-0.2, 0) is 28.7 Å². The Labute approximate surface area is 162 Å². The van der Waals surface area contributed by atoms with Crippen molar-refractivity contribution in [2.24, 2.45) is 11.8 Å². The summed E-state index contributed by atoms with van der Waals surface area (Å²) in [7, 11) is 2.47. The summed E-state index contributed by atoms with van der Waals surface area (Å²) in [6, 6.07) is 8.37. The van der Waals surface area contributed by atoms with Crippen LogP contribution in [0.25, 0.3) is 0 Å². The van der Waals surface area contributed by atoms with E-state index in [1.807, 2.05) is 4.90 Å². The van der Waals surface area contributed by atoms with Gasteiger partial charge in [0.25, 0.3) is 0 Å². The van der Waals surface area contributed by atoms with Gasteiger partial charge in [-0.1, -0.05) is 18.2 Å². The highest BCUT2D eigenvalue weighted by Crippen LogP contribution is 2.54. The second kappa shape index (κ2) is 6.70. The molecular formula is C20H22N2O6. The van der Waals surface area contributed by atoms with Gasteiger partial charge in [-0.3, -0.25) is 24.1 Å². The predicted octanol–water partition coefficient (Wildman–Crippen LogP) is 0.745. The molecule has 8 nitrogen and oxygen atoms in total. The maximum atomic E-state index is 13.5. The number of ether oxygens (including phenoxy) is 2. The monoisotopic (exact) mass is 386 g/mol. The highest BCUT2D eigenvalue weighted by atomic mass is 16.5. The maximum Gasteiger partial charge on any atom is 0.327 e. The maximum absolute atomic E-state index is 13.5. The molecule has 2 amide bonds. The molecule has 8 heteroatoms. The lowest BCUT2D eigenvalue weighted by Crippen LogP contribution is -2.59. The van der Waals surface area contributed by atoms with Crippen molar-refractivity contribution in [2.75, 3.05) is 25.7 Å². The number of imide groups is 1. The molecule has 0 bridgehead atoms. The number of amides is 2. The molecule has 3 saturated heterocycles. The SMILES string of the molecule is COC(=O)C[C@@]1(C(=O)OC)[C@H]2C(=O)N(c3ccccc3)C(=O)[C@H]2[C@H]2CCCN21. The van der Waals surface area contributed by atoms with Crippen LogP contribution in [0, 0.1) is 11.8 Å². The molecule has 148 valence electrons. The summed E-state index contributed by atoms with van der Waals surface area (Å²) in [5.74, 6) is -3.74. The Morgan fingerprint density at radius 3 is 2.46 bits per heavy atom. The fraction of sp³-hybridized carbons (Fsp3) is 0.500. The van der Waals surface area contributed by atoms with E-state index in [4.69, 9.17) is 9.47 Å². The van der Waals surface area contributed by atoms with Gasteiger partial charge in [0.05, 0.1) is 38.2 Å². The third kappa shape index (κ3) is 2.33. The fourth-order valence-electron chi connectivity index (χ4n) is 5.25. The number of methoxy groups -OCH3 is 2. The lowest BCUT2D eigenvalue weighted by atomic mass is 9.77. The second-order valence-electron chi connectivity index (χ2n) is 7.42. The average Bonchev–Trinajstić information content (AvgIpc) is 3.35. The van der Waals surface area contributed by atoms with E-state index in [1.165, 1.54) is 14.2 Å². The van der Waals surface area contributed by atoms with Crippen LogP contribution < -0.4 is 4.90 Å². The van der Waals surface area contributed by atoms with E-state index in [9.17, 15) is 19.2 Å². The van der Waals surface area contributed by atoms with Crippen molar-refractivity contribution < 1.29 is 28.7 Å². The first-order chi connectivity index (χ1) is 13.5. The number of carbonyl (C=O) groups is 4. The summed E-state index contributed by atoms with van der Waals surface area (Å²) in [5.41, 5.74) is -1.06. The Balaban J connectivity index is 1.85. The normalized spacial score (nSPS) is 31.6. The zero-order chi connectivity index (χ0) is 20.1. The Morgan fingerprint density at radius 1 is 1.11 bits per heavy atom. The topological polar surface area (TPSA) is 93.2 Å². The number of nitrogens with zero attached hydrogens (tertiary/aromatic N) is 2. The van der Waals surface area contributed by atoms with Gasteiger partial charge in [-0.2, -0.15) is 0 Å². The van der Waals surface area contributed by atoms with Gasteiger partial charge in [0.2, 0.25) is 11.8 Å². The Hall–Kier alpha value is -2.74. The van der Waals surface area contributed by atoms with Crippen LogP contribution in [0.2, 0.25) is 0 Å². The minimum Gasteiger partial charge on any atom is -0.469 e. The van der Waals surface area contributed by atoms with Gasteiger partial charge in [0.15, 0.2) is 0 Å². The zero-order valence-electron chi connectivity index (χ0n) is 15.8. The third-order valence-corrected chi connectivity index (χ3v) is 6.29. The summed E-state index contributed by atoms with van der Waals surface area (Å²) in [4.78, 5) is 55.0. The molecule has 0 unspecified atom stereocenters. The molecule has 3 heterocycles. The number of para-hydroxylation sites is 1. The third-order valence-electron chi connectivity index (χ3n) is 6.29. The summed E-state index contributed by atoms with van der Waals surface area (Å²) in [6.07, 6.45) is 1.14. The molecule has 0 aromatic heterocycles. The largest absolute Gasteiger partial charge is 0.469 e. The minimum absolute atomic E-state index is 0.279. The molecule has 28 heavy (non-hydrogen) atoms. The first-order valence-corrected chi connectivity index (χ1v) is 9.32. The summed E-state index contributed by atoms with van der Waals surface area (Å²) in [6.45, 7) is 0.523. The first-order valence-electron chi connectivity index (χ1n) is 9.32. The summed E-state index contributed by atoms with van der Waals surface area (Å²) in [5, 5.41) is 0. The molecule has 0 aliphatic carbocycles. The Kier molecular flexibility index (Phi) is 4.45. The van der Waals surface area contributed by atoms with Crippen molar-refractivity contribution in [3.63, 3.8) is 0 Å². The van der Waals surface area contributed by atoms with Gasteiger partial charge in [0, 0.05) is 6.04 Å². The number of anilines is 1.